The maximum absolute atomic E-state index is 11.6. The highest BCUT2D eigenvalue weighted by atomic mass is 16.5. The third-order valence-corrected chi connectivity index (χ3v) is 4.64. The van der Waals surface area contributed by atoms with Crippen molar-refractivity contribution in [1.82, 2.24) is 0 Å². The van der Waals surface area contributed by atoms with Crippen molar-refractivity contribution in [3.05, 3.63) is 60.2 Å². The van der Waals surface area contributed by atoms with Gasteiger partial charge in [0.05, 0.1) is 14.2 Å². The minimum absolute atomic E-state index is 0.302. The molecule has 0 aliphatic carbocycles. The molecule has 2 heterocycles. The lowest BCUT2D eigenvalue weighted by Crippen LogP contribution is -2.34. The Bertz CT molecular complexity index is 711. The molecule has 2 aromatic heterocycles. The minimum Gasteiger partial charge on any atom is -0.465 e. The molecule has 6 heteroatoms. The van der Waals surface area contributed by atoms with Crippen LogP contribution in [-0.4, -0.2) is 26.2 Å². The van der Waals surface area contributed by atoms with Gasteiger partial charge in [-0.25, -0.2) is 18.7 Å². The molecule has 0 saturated carbocycles. The normalized spacial score (nSPS) is 10.5. The smallest absolute Gasteiger partial charge is 0.343 e. The summed E-state index contributed by atoms with van der Waals surface area (Å²) in [5.41, 5.74) is 1.16. The Labute approximate surface area is 166 Å². The fourth-order valence-electron chi connectivity index (χ4n) is 3.10. The summed E-state index contributed by atoms with van der Waals surface area (Å²) in [6.07, 6.45) is 14.5. The van der Waals surface area contributed by atoms with E-state index < -0.39 is 0 Å². The molecule has 6 nitrogen and oxygen atoms in total. The summed E-state index contributed by atoms with van der Waals surface area (Å²) in [7, 11) is 2.79. The number of aromatic nitrogens is 2. The summed E-state index contributed by atoms with van der Waals surface area (Å²) in [4.78, 5) is 23.1. The molecule has 0 bridgehead atoms. The Kier molecular flexibility index (Phi) is 9.11. The number of esters is 2. The molecule has 0 aliphatic rings. The minimum atomic E-state index is -0.302. The molecule has 0 aliphatic heterocycles. The van der Waals surface area contributed by atoms with Gasteiger partial charge in [-0.15, -0.1) is 0 Å². The van der Waals surface area contributed by atoms with Crippen LogP contribution >= 0.6 is 0 Å². The number of aryl methyl sites for hydroxylation is 2. The Balaban J connectivity index is 1.59. The Morgan fingerprint density at radius 3 is 1.50 bits per heavy atom. The standard InChI is InChI=1S/C22H30N2O4/c1-27-21(25)19-11-9-15-23(17-19)13-7-5-3-4-6-8-14-24-16-10-12-20(18-24)22(26)28-2/h9-12,15-18H,3-8,13-14H2,1-2H3/q+2. The maximum Gasteiger partial charge on any atom is 0.343 e. The van der Waals surface area contributed by atoms with Gasteiger partial charge < -0.3 is 9.47 Å². The van der Waals surface area contributed by atoms with E-state index in [1.54, 1.807) is 12.1 Å². The topological polar surface area (TPSA) is 60.4 Å². The van der Waals surface area contributed by atoms with Crippen LogP contribution in [0.5, 0.6) is 0 Å². The zero-order chi connectivity index (χ0) is 20.2. The number of ether oxygens (including phenoxy) is 2. The van der Waals surface area contributed by atoms with E-state index in [9.17, 15) is 9.59 Å². The maximum atomic E-state index is 11.6. The van der Waals surface area contributed by atoms with Gasteiger partial charge in [0, 0.05) is 25.0 Å². The predicted octanol–water partition coefficient (Wildman–Crippen LogP) is 2.88. The van der Waals surface area contributed by atoms with E-state index in [1.807, 2.05) is 46.1 Å². The second kappa shape index (κ2) is 11.8. The van der Waals surface area contributed by atoms with Crippen molar-refractivity contribution in [2.45, 2.75) is 51.6 Å². The van der Waals surface area contributed by atoms with E-state index in [0.29, 0.717) is 11.1 Å². The number of carbonyl (C=O) groups excluding carboxylic acids is 2. The molecule has 0 fully saturated rings. The monoisotopic (exact) mass is 386 g/mol. The van der Waals surface area contributed by atoms with Crippen LogP contribution in [0.4, 0.5) is 0 Å². The zero-order valence-corrected chi connectivity index (χ0v) is 16.8. The van der Waals surface area contributed by atoms with E-state index in [4.69, 9.17) is 9.47 Å². The van der Waals surface area contributed by atoms with Crippen molar-refractivity contribution in [3.8, 4) is 0 Å². The number of methoxy groups -OCH3 is 2. The van der Waals surface area contributed by atoms with Gasteiger partial charge in [0.1, 0.15) is 24.2 Å². The molecular weight excluding hydrogens is 356 g/mol. The second-order valence-corrected chi connectivity index (χ2v) is 6.77. The van der Waals surface area contributed by atoms with Gasteiger partial charge in [0.25, 0.3) is 0 Å². The van der Waals surface area contributed by atoms with Crippen molar-refractivity contribution >= 4 is 11.9 Å². The summed E-state index contributed by atoms with van der Waals surface area (Å²) in [6, 6.07) is 7.28. The lowest BCUT2D eigenvalue weighted by atomic mass is 10.1. The molecule has 2 aromatic rings. The molecule has 0 unspecified atom stereocenters. The number of hydrogen-bond donors (Lipinski definition) is 0. The van der Waals surface area contributed by atoms with Crippen molar-refractivity contribution in [2.24, 2.45) is 0 Å². The fraction of sp³-hybridized carbons (Fsp3) is 0.455. The summed E-state index contributed by atoms with van der Waals surface area (Å²) >= 11 is 0. The van der Waals surface area contributed by atoms with Gasteiger partial charge in [0.15, 0.2) is 24.8 Å². The van der Waals surface area contributed by atoms with E-state index >= 15 is 0 Å². The number of rotatable bonds is 11. The van der Waals surface area contributed by atoms with Crippen molar-refractivity contribution in [1.29, 1.82) is 0 Å². The lowest BCUT2D eigenvalue weighted by Gasteiger charge is -2.02. The van der Waals surface area contributed by atoms with Crippen LogP contribution in [0.1, 0.15) is 59.2 Å². The quantitative estimate of drug-likeness (QED) is 0.338. The van der Waals surface area contributed by atoms with Crippen LogP contribution in [0.25, 0.3) is 0 Å². The van der Waals surface area contributed by atoms with E-state index in [-0.39, 0.29) is 11.9 Å². The lowest BCUT2D eigenvalue weighted by molar-refractivity contribution is -0.697. The van der Waals surface area contributed by atoms with Crippen molar-refractivity contribution < 1.29 is 28.2 Å². The summed E-state index contributed by atoms with van der Waals surface area (Å²) in [5.74, 6) is -0.603. The molecule has 0 aromatic carbocycles. The highest BCUT2D eigenvalue weighted by molar-refractivity contribution is 5.88. The molecule has 150 valence electrons. The first-order valence-electron chi connectivity index (χ1n) is 9.79. The van der Waals surface area contributed by atoms with E-state index in [0.717, 1.165) is 25.9 Å². The molecule has 2 rings (SSSR count). The SMILES string of the molecule is COC(=O)c1ccc[n+](CCCCCCCC[n+]2cccc(C(=O)OC)c2)c1. The number of unbranched alkanes of at least 4 members (excludes halogenated alkanes) is 5. The van der Waals surface area contributed by atoms with Crippen LogP contribution in [0.3, 0.4) is 0 Å². The highest BCUT2D eigenvalue weighted by Gasteiger charge is 2.11. The first-order chi connectivity index (χ1) is 13.6. The Morgan fingerprint density at radius 2 is 1.11 bits per heavy atom. The summed E-state index contributed by atoms with van der Waals surface area (Å²) in [6.45, 7) is 1.81. The zero-order valence-electron chi connectivity index (χ0n) is 16.8. The number of pyridine rings is 2. The average Bonchev–Trinajstić information content (AvgIpc) is 2.74. The van der Waals surface area contributed by atoms with E-state index in [1.165, 1.54) is 39.9 Å². The van der Waals surface area contributed by atoms with Crippen molar-refractivity contribution in [3.63, 3.8) is 0 Å². The molecule has 0 N–H and O–H groups in total. The molecule has 0 saturated heterocycles. The first-order valence-corrected chi connectivity index (χ1v) is 9.79. The summed E-state index contributed by atoms with van der Waals surface area (Å²) < 4.78 is 13.6. The van der Waals surface area contributed by atoms with Crippen LogP contribution < -0.4 is 9.13 Å². The highest BCUT2D eigenvalue weighted by Crippen LogP contribution is 2.06. The van der Waals surface area contributed by atoms with Gasteiger partial charge in [-0.05, 0) is 25.0 Å². The van der Waals surface area contributed by atoms with Gasteiger partial charge in [-0.2, -0.15) is 0 Å². The van der Waals surface area contributed by atoms with Crippen LogP contribution in [0.2, 0.25) is 0 Å². The van der Waals surface area contributed by atoms with Gasteiger partial charge in [-0.3, -0.25) is 0 Å². The number of nitrogens with zero attached hydrogens (tertiary/aromatic N) is 2. The van der Waals surface area contributed by atoms with Gasteiger partial charge in [0.2, 0.25) is 0 Å². The third-order valence-electron chi connectivity index (χ3n) is 4.64. The third kappa shape index (κ3) is 7.10. The van der Waals surface area contributed by atoms with Crippen LogP contribution in [0.15, 0.2) is 49.1 Å². The Hall–Kier alpha value is -2.76. The van der Waals surface area contributed by atoms with Gasteiger partial charge >= 0.3 is 11.9 Å². The van der Waals surface area contributed by atoms with Crippen molar-refractivity contribution in [2.75, 3.05) is 14.2 Å². The Morgan fingerprint density at radius 1 is 0.714 bits per heavy atom. The second-order valence-electron chi connectivity index (χ2n) is 6.77. The first kappa shape index (κ1) is 21.5. The average molecular weight is 386 g/mol. The molecule has 0 radical (unpaired) electrons. The van der Waals surface area contributed by atoms with Crippen LogP contribution in [-0.2, 0) is 22.6 Å². The summed E-state index contributed by atoms with van der Waals surface area (Å²) in [5, 5.41) is 0. The fourth-order valence-corrected chi connectivity index (χ4v) is 3.10. The largest absolute Gasteiger partial charge is 0.465 e. The van der Waals surface area contributed by atoms with E-state index in [2.05, 4.69) is 0 Å². The van der Waals surface area contributed by atoms with Gasteiger partial charge in [-0.1, -0.05) is 12.8 Å². The molecule has 0 amide bonds. The molecule has 28 heavy (non-hydrogen) atoms. The number of hydrogen-bond acceptors (Lipinski definition) is 4. The molecule has 0 atom stereocenters. The predicted molar refractivity (Wildman–Crippen MR) is 104 cm³/mol. The molecule has 0 spiro atoms. The van der Waals surface area contributed by atoms with Crippen LogP contribution in [0, 0.1) is 0 Å². The molecular formula is C22H30N2O4+2. The number of carbonyl (C=O) groups is 2.